The van der Waals surface area contributed by atoms with Crippen molar-refractivity contribution in [3.8, 4) is 0 Å². The number of carbonyl (C=O) groups excluding carboxylic acids is 2. The molecule has 0 atom stereocenters. The van der Waals surface area contributed by atoms with Crippen LogP contribution in [0.2, 0.25) is 0 Å². The fourth-order valence-corrected chi connectivity index (χ4v) is 2.02. The molecule has 2 rings (SSSR count). The van der Waals surface area contributed by atoms with Crippen LogP contribution in [0.5, 0.6) is 0 Å². The topological polar surface area (TPSA) is 88.9 Å². The van der Waals surface area contributed by atoms with Crippen LogP contribution in [0.4, 0.5) is 5.69 Å². The largest absolute Gasteiger partial charge is 0.350 e. The summed E-state index contributed by atoms with van der Waals surface area (Å²) >= 11 is 0. The molecular weight excluding hydrogens is 294 g/mol. The van der Waals surface area contributed by atoms with Crippen LogP contribution in [-0.4, -0.2) is 32.6 Å². The number of rotatable bonds is 6. The third-order valence-electron chi connectivity index (χ3n) is 3.26. The molecule has 2 amide bonds. The average molecular weight is 315 g/mol. The highest BCUT2D eigenvalue weighted by atomic mass is 16.2. The van der Waals surface area contributed by atoms with E-state index in [9.17, 15) is 9.59 Å². The lowest BCUT2D eigenvalue weighted by Crippen LogP contribution is -2.30. The summed E-state index contributed by atoms with van der Waals surface area (Å²) in [5, 5.41) is 13.1. The summed E-state index contributed by atoms with van der Waals surface area (Å²) in [5.74, 6) is -0.275. The summed E-state index contributed by atoms with van der Waals surface area (Å²) in [6.45, 7) is 6.20. The summed E-state index contributed by atoms with van der Waals surface area (Å²) in [5.41, 5.74) is 2.08. The molecule has 0 spiro atoms. The molecular formula is C16H21N5O2. The molecule has 7 nitrogen and oxygen atoms in total. The Morgan fingerprint density at radius 3 is 2.57 bits per heavy atom. The number of hydrogen-bond donors (Lipinski definition) is 2. The lowest BCUT2D eigenvalue weighted by atomic mass is 10.1. The van der Waals surface area contributed by atoms with Crippen LogP contribution in [0.25, 0.3) is 0 Å². The Morgan fingerprint density at radius 1 is 1.22 bits per heavy atom. The summed E-state index contributed by atoms with van der Waals surface area (Å²) in [6, 6.07) is 5.33. The molecule has 0 unspecified atom stereocenters. The van der Waals surface area contributed by atoms with Crippen LogP contribution >= 0.6 is 0 Å². The van der Waals surface area contributed by atoms with Crippen LogP contribution in [0.3, 0.4) is 0 Å². The van der Waals surface area contributed by atoms with E-state index in [0.29, 0.717) is 24.2 Å². The van der Waals surface area contributed by atoms with Crippen molar-refractivity contribution >= 4 is 17.5 Å². The minimum absolute atomic E-state index is 0.0608. The first kappa shape index (κ1) is 16.7. The van der Waals surface area contributed by atoms with Gasteiger partial charge in [0, 0.05) is 30.3 Å². The Bertz CT molecular complexity index is 680. The van der Waals surface area contributed by atoms with E-state index in [4.69, 9.17) is 0 Å². The second-order valence-electron chi connectivity index (χ2n) is 5.66. The molecule has 0 bridgehead atoms. The molecule has 2 aromatic rings. The summed E-state index contributed by atoms with van der Waals surface area (Å²) in [4.78, 5) is 24.1. The third-order valence-corrected chi connectivity index (χ3v) is 3.26. The normalized spacial score (nSPS) is 10.6. The SMILES string of the molecule is Cc1ccc(C(=O)NC(C)C)cc1NC(=O)CCn1cnnc1. The molecule has 23 heavy (non-hydrogen) atoms. The van der Waals surface area contributed by atoms with Gasteiger partial charge in [0.15, 0.2) is 0 Å². The predicted octanol–water partition coefficient (Wildman–Crippen LogP) is 1.75. The second kappa shape index (κ2) is 7.53. The van der Waals surface area contributed by atoms with E-state index < -0.39 is 0 Å². The quantitative estimate of drug-likeness (QED) is 0.850. The van der Waals surface area contributed by atoms with Crippen molar-refractivity contribution in [3.63, 3.8) is 0 Å². The van der Waals surface area contributed by atoms with E-state index in [0.717, 1.165) is 5.56 Å². The Balaban J connectivity index is 2.00. The molecule has 2 N–H and O–H groups in total. The number of aryl methyl sites for hydroxylation is 2. The number of amides is 2. The van der Waals surface area contributed by atoms with E-state index in [1.54, 1.807) is 29.4 Å². The standard InChI is InChI=1S/C16H21N5O2/c1-11(2)19-16(23)13-5-4-12(3)14(8-13)20-15(22)6-7-21-9-17-18-10-21/h4-5,8-11H,6-7H2,1-3H3,(H,19,23)(H,20,22). The van der Waals surface area contributed by atoms with Crippen molar-refractivity contribution in [1.29, 1.82) is 0 Å². The number of aromatic nitrogens is 3. The van der Waals surface area contributed by atoms with Crippen LogP contribution in [0.15, 0.2) is 30.9 Å². The van der Waals surface area contributed by atoms with E-state index in [-0.39, 0.29) is 17.9 Å². The third kappa shape index (κ3) is 4.91. The molecule has 0 aliphatic heterocycles. The van der Waals surface area contributed by atoms with Crippen LogP contribution in [0.1, 0.15) is 36.2 Å². The molecule has 1 aromatic carbocycles. The first-order valence-corrected chi connectivity index (χ1v) is 7.49. The Hall–Kier alpha value is -2.70. The van der Waals surface area contributed by atoms with E-state index in [2.05, 4.69) is 20.8 Å². The molecule has 1 aromatic heterocycles. The highest BCUT2D eigenvalue weighted by Gasteiger charge is 2.11. The molecule has 0 aliphatic rings. The average Bonchev–Trinajstić information content (AvgIpc) is 3.00. The molecule has 122 valence electrons. The highest BCUT2D eigenvalue weighted by molar-refractivity contribution is 5.97. The Labute approximate surface area is 135 Å². The fourth-order valence-electron chi connectivity index (χ4n) is 2.02. The fraction of sp³-hybridized carbons (Fsp3) is 0.375. The smallest absolute Gasteiger partial charge is 0.251 e. The first-order chi connectivity index (χ1) is 11.0. The van der Waals surface area contributed by atoms with Crippen molar-refractivity contribution in [3.05, 3.63) is 42.0 Å². The van der Waals surface area contributed by atoms with Crippen molar-refractivity contribution in [2.45, 2.75) is 39.8 Å². The predicted molar refractivity (Wildman–Crippen MR) is 87.0 cm³/mol. The minimum Gasteiger partial charge on any atom is -0.350 e. The zero-order valence-corrected chi connectivity index (χ0v) is 13.5. The molecule has 7 heteroatoms. The molecule has 0 radical (unpaired) electrons. The van der Waals surface area contributed by atoms with Crippen molar-refractivity contribution < 1.29 is 9.59 Å². The molecule has 0 saturated carbocycles. The second-order valence-corrected chi connectivity index (χ2v) is 5.66. The van der Waals surface area contributed by atoms with Gasteiger partial charge in [-0.25, -0.2) is 0 Å². The lowest BCUT2D eigenvalue weighted by molar-refractivity contribution is -0.116. The zero-order valence-electron chi connectivity index (χ0n) is 13.5. The van der Waals surface area contributed by atoms with Gasteiger partial charge in [-0.15, -0.1) is 10.2 Å². The van der Waals surface area contributed by atoms with Crippen molar-refractivity contribution in [1.82, 2.24) is 20.1 Å². The van der Waals surface area contributed by atoms with Gasteiger partial charge < -0.3 is 15.2 Å². The number of anilines is 1. The van der Waals surface area contributed by atoms with Crippen molar-refractivity contribution in [2.75, 3.05) is 5.32 Å². The molecule has 0 fully saturated rings. The summed E-state index contributed by atoms with van der Waals surface area (Å²) < 4.78 is 1.74. The maximum Gasteiger partial charge on any atom is 0.251 e. The first-order valence-electron chi connectivity index (χ1n) is 7.49. The van der Waals surface area contributed by atoms with E-state index in [1.165, 1.54) is 0 Å². The van der Waals surface area contributed by atoms with Gasteiger partial charge in [0.05, 0.1) is 0 Å². The van der Waals surface area contributed by atoms with Crippen molar-refractivity contribution in [2.24, 2.45) is 0 Å². The van der Waals surface area contributed by atoms with Gasteiger partial charge in [0.2, 0.25) is 5.91 Å². The Kier molecular flexibility index (Phi) is 5.46. The summed E-state index contributed by atoms with van der Waals surface area (Å²) in [6.07, 6.45) is 3.44. The minimum atomic E-state index is -0.153. The van der Waals surface area contributed by atoms with Gasteiger partial charge in [-0.05, 0) is 38.5 Å². The Morgan fingerprint density at radius 2 is 1.91 bits per heavy atom. The van der Waals surface area contributed by atoms with Gasteiger partial charge in [0.1, 0.15) is 12.7 Å². The van der Waals surface area contributed by atoms with Gasteiger partial charge in [-0.3, -0.25) is 9.59 Å². The maximum absolute atomic E-state index is 12.1. The maximum atomic E-state index is 12.1. The van der Waals surface area contributed by atoms with Crippen LogP contribution < -0.4 is 10.6 Å². The van der Waals surface area contributed by atoms with Crippen LogP contribution in [0, 0.1) is 6.92 Å². The number of benzene rings is 1. The molecule has 1 heterocycles. The highest BCUT2D eigenvalue weighted by Crippen LogP contribution is 2.17. The van der Waals surface area contributed by atoms with Gasteiger partial charge in [0.25, 0.3) is 5.91 Å². The van der Waals surface area contributed by atoms with Gasteiger partial charge >= 0.3 is 0 Å². The number of hydrogen-bond acceptors (Lipinski definition) is 4. The summed E-state index contributed by atoms with van der Waals surface area (Å²) in [7, 11) is 0. The number of nitrogens with one attached hydrogen (secondary N) is 2. The number of nitrogens with zero attached hydrogens (tertiary/aromatic N) is 3. The molecule has 0 saturated heterocycles. The number of carbonyl (C=O) groups is 2. The van der Waals surface area contributed by atoms with E-state index >= 15 is 0 Å². The zero-order chi connectivity index (χ0) is 16.8. The lowest BCUT2D eigenvalue weighted by Gasteiger charge is -2.12. The molecule has 0 aliphatic carbocycles. The van der Waals surface area contributed by atoms with E-state index in [1.807, 2.05) is 26.8 Å². The van der Waals surface area contributed by atoms with Gasteiger partial charge in [-0.2, -0.15) is 0 Å². The van der Waals surface area contributed by atoms with Gasteiger partial charge in [-0.1, -0.05) is 6.07 Å². The monoisotopic (exact) mass is 315 g/mol. The van der Waals surface area contributed by atoms with Crippen LogP contribution in [-0.2, 0) is 11.3 Å².